The van der Waals surface area contributed by atoms with E-state index in [9.17, 15) is 0 Å². The van der Waals surface area contributed by atoms with Crippen LogP contribution >= 0.6 is 0 Å². The maximum atomic E-state index is 6.22. The van der Waals surface area contributed by atoms with Crippen LogP contribution in [0.25, 0.3) is 11.1 Å². The minimum Gasteiger partial charge on any atom is -0.382 e. The number of hydrogen-bond donors (Lipinski definition) is 0. The molecular weight excluding hydrogens is 1160 g/mol. The van der Waals surface area contributed by atoms with Gasteiger partial charge in [-0.3, -0.25) is 0 Å². The monoisotopic (exact) mass is 1280 g/mol. The molecule has 0 radical (unpaired) electrons. The van der Waals surface area contributed by atoms with Crippen molar-refractivity contribution in [3.8, 4) is 11.1 Å². The van der Waals surface area contributed by atoms with Gasteiger partial charge >= 0.3 is 0 Å². The molecule has 0 atom stereocenters. The van der Waals surface area contributed by atoms with Crippen molar-refractivity contribution in [2.45, 2.75) is 32.1 Å². The zero-order chi connectivity index (χ0) is 63.1. The van der Waals surface area contributed by atoms with E-state index in [2.05, 4.69) is 50.2 Å². The molecule has 0 spiro atoms. The molecule has 0 aliphatic heterocycles. The third-order valence-electron chi connectivity index (χ3n) is 13.3. The molecule has 0 saturated carbocycles. The van der Waals surface area contributed by atoms with Crippen molar-refractivity contribution in [2.75, 3.05) is 318 Å². The van der Waals surface area contributed by atoms with Gasteiger partial charge < -0.3 is 114 Å². The Morgan fingerprint density at radius 1 is 0.202 bits per heavy atom. The second-order valence-electron chi connectivity index (χ2n) is 20.1. The average Bonchev–Trinajstić information content (AvgIpc) is 1.68. The molecule has 24 heteroatoms. The molecule has 0 fully saturated rings. The lowest BCUT2D eigenvalue weighted by molar-refractivity contribution is -0.0283. The summed E-state index contributed by atoms with van der Waals surface area (Å²) < 4.78 is 133. The van der Waals surface area contributed by atoms with E-state index in [0.717, 1.165) is 12.8 Å². The highest BCUT2D eigenvalue weighted by molar-refractivity contribution is 5.81. The van der Waals surface area contributed by atoms with E-state index in [1.165, 1.54) is 33.4 Å². The molecule has 2 aromatic carbocycles. The Balaban J connectivity index is 1.08. The molecule has 1 aliphatic rings. The summed E-state index contributed by atoms with van der Waals surface area (Å²) in [5.74, 6) is 0. The normalized spacial score (nSPS) is 12.7. The number of fused-ring (bicyclic) bond motifs is 3. The molecule has 24 nitrogen and oxygen atoms in total. The number of benzene rings is 2. The molecule has 89 heavy (non-hydrogen) atoms. The lowest BCUT2D eigenvalue weighted by atomic mass is 9.72. The fraction of sp³-hybridized carbons (Fsp3) is 0.815. The topological polar surface area (TPSA) is 222 Å². The standard InChI is InChI=1S/C65H114O24/c1-59-5-7-61-62-8-6-60(2)58-64(62)65(63(61)57-59,9-11-68-17-19-72-25-27-76-33-35-80-41-43-84-49-51-88-55-53-86-47-45-82-39-37-78-31-29-74-23-21-70-15-13-66-3)10-12-69-18-20-73-26-28-77-34-36-81-42-44-85-50-52-89-56-54-87-48-46-83-40-38-79-32-30-75-24-22-71-16-14-67-4/h5-8,57-58H,9-56H2,1-4H3. The summed E-state index contributed by atoms with van der Waals surface area (Å²) in [4.78, 5) is 0. The van der Waals surface area contributed by atoms with Gasteiger partial charge in [-0.15, -0.1) is 0 Å². The van der Waals surface area contributed by atoms with Crippen LogP contribution in [-0.4, -0.2) is 318 Å². The maximum absolute atomic E-state index is 6.22. The summed E-state index contributed by atoms with van der Waals surface area (Å²) in [6, 6.07) is 13.6. The molecule has 0 saturated heterocycles. The van der Waals surface area contributed by atoms with Crippen molar-refractivity contribution in [3.05, 3.63) is 58.7 Å². The molecule has 0 amide bonds. The molecule has 3 rings (SSSR count). The zero-order valence-corrected chi connectivity index (χ0v) is 54.7. The third-order valence-corrected chi connectivity index (χ3v) is 13.3. The van der Waals surface area contributed by atoms with Crippen molar-refractivity contribution in [3.63, 3.8) is 0 Å². The summed E-state index contributed by atoms with van der Waals surface area (Å²) in [5.41, 5.74) is 7.48. The van der Waals surface area contributed by atoms with Gasteiger partial charge in [0.05, 0.1) is 291 Å². The fourth-order valence-electron chi connectivity index (χ4n) is 8.77. The van der Waals surface area contributed by atoms with Gasteiger partial charge in [0.1, 0.15) is 0 Å². The zero-order valence-electron chi connectivity index (χ0n) is 54.7. The summed E-state index contributed by atoms with van der Waals surface area (Å²) in [6.45, 7) is 27.8. The third kappa shape index (κ3) is 44.7. The summed E-state index contributed by atoms with van der Waals surface area (Å²) in [5, 5.41) is 0. The number of aryl methyl sites for hydroxylation is 2. The summed E-state index contributed by atoms with van der Waals surface area (Å²) >= 11 is 0. The average molecular weight is 1280 g/mol. The van der Waals surface area contributed by atoms with E-state index in [1.807, 2.05) is 0 Å². The van der Waals surface area contributed by atoms with Gasteiger partial charge in [0.2, 0.25) is 0 Å². The molecule has 0 heterocycles. The predicted octanol–water partition coefficient (Wildman–Crippen LogP) is 5.01. The number of methoxy groups -OCH3 is 2. The molecular formula is C65H114O24. The summed E-state index contributed by atoms with van der Waals surface area (Å²) in [6.07, 6.45) is 1.64. The Kier molecular flexibility index (Phi) is 55.9. The number of hydrogen-bond acceptors (Lipinski definition) is 24. The van der Waals surface area contributed by atoms with Crippen molar-refractivity contribution in [1.82, 2.24) is 0 Å². The highest BCUT2D eigenvalue weighted by Gasteiger charge is 2.43. The smallest absolute Gasteiger partial charge is 0.0701 e. The van der Waals surface area contributed by atoms with Crippen molar-refractivity contribution >= 4 is 0 Å². The van der Waals surface area contributed by atoms with Gasteiger partial charge in [0, 0.05) is 32.8 Å². The Hall–Kier alpha value is -2.52. The Morgan fingerprint density at radius 3 is 0.506 bits per heavy atom. The van der Waals surface area contributed by atoms with Crippen molar-refractivity contribution in [2.24, 2.45) is 0 Å². The van der Waals surface area contributed by atoms with Gasteiger partial charge in [0.25, 0.3) is 0 Å². The molecule has 0 bridgehead atoms. The van der Waals surface area contributed by atoms with Gasteiger partial charge in [-0.2, -0.15) is 0 Å². The van der Waals surface area contributed by atoms with Gasteiger partial charge in [-0.25, -0.2) is 0 Å². The van der Waals surface area contributed by atoms with E-state index in [0.29, 0.717) is 304 Å². The van der Waals surface area contributed by atoms with Crippen LogP contribution in [0.2, 0.25) is 0 Å². The highest BCUT2D eigenvalue weighted by Crippen LogP contribution is 2.53. The largest absolute Gasteiger partial charge is 0.382 e. The van der Waals surface area contributed by atoms with E-state index >= 15 is 0 Å². The molecule has 0 unspecified atom stereocenters. The maximum Gasteiger partial charge on any atom is 0.0701 e. The van der Waals surface area contributed by atoms with Crippen LogP contribution in [0.5, 0.6) is 0 Å². The molecule has 0 aromatic heterocycles. The second-order valence-corrected chi connectivity index (χ2v) is 20.1. The van der Waals surface area contributed by atoms with Gasteiger partial charge in [-0.1, -0.05) is 47.5 Å². The fourth-order valence-corrected chi connectivity index (χ4v) is 8.77. The van der Waals surface area contributed by atoms with E-state index in [-0.39, 0.29) is 5.41 Å². The van der Waals surface area contributed by atoms with Crippen LogP contribution in [0.1, 0.15) is 35.1 Å². The van der Waals surface area contributed by atoms with Crippen LogP contribution in [0.3, 0.4) is 0 Å². The number of ether oxygens (including phenoxy) is 24. The van der Waals surface area contributed by atoms with E-state index < -0.39 is 0 Å². The predicted molar refractivity (Wildman–Crippen MR) is 333 cm³/mol. The first-order valence-corrected chi connectivity index (χ1v) is 32.0. The van der Waals surface area contributed by atoms with E-state index in [4.69, 9.17) is 114 Å². The quantitative estimate of drug-likeness (QED) is 0.0795. The SMILES string of the molecule is COCCOCCOCCOCCOCCOCCOCCOCCOCCOCCOCCOCCC1(CCOCCOCCOCCOCCOCCOCCOCCOCCOCCOCCOCCOC)c2cc(C)ccc2-c2ccc(C)cc21. The molecule has 518 valence electrons. The first-order chi connectivity index (χ1) is 44.1. The van der Waals surface area contributed by atoms with Crippen LogP contribution in [-0.2, 0) is 119 Å². The summed E-state index contributed by atoms with van der Waals surface area (Å²) in [7, 11) is 3.29. The van der Waals surface area contributed by atoms with Crippen LogP contribution in [0, 0.1) is 13.8 Å². The second kappa shape index (κ2) is 61.6. The molecule has 2 aromatic rings. The van der Waals surface area contributed by atoms with Crippen LogP contribution in [0.4, 0.5) is 0 Å². The first kappa shape index (κ1) is 80.7. The van der Waals surface area contributed by atoms with Gasteiger partial charge in [-0.05, 0) is 48.9 Å². The Labute approximate surface area is 532 Å². The molecule has 0 N–H and O–H groups in total. The molecule has 1 aliphatic carbocycles. The Morgan fingerprint density at radius 2 is 0.348 bits per heavy atom. The highest BCUT2D eigenvalue weighted by atomic mass is 16.6. The lowest BCUT2D eigenvalue weighted by Crippen LogP contribution is -2.30. The van der Waals surface area contributed by atoms with Gasteiger partial charge in [0.15, 0.2) is 0 Å². The minimum absolute atomic E-state index is 0.246. The lowest BCUT2D eigenvalue weighted by Gasteiger charge is -2.33. The van der Waals surface area contributed by atoms with Crippen molar-refractivity contribution < 1.29 is 114 Å². The first-order valence-electron chi connectivity index (χ1n) is 32.0. The van der Waals surface area contributed by atoms with E-state index in [1.54, 1.807) is 14.2 Å². The van der Waals surface area contributed by atoms with Crippen LogP contribution < -0.4 is 0 Å². The van der Waals surface area contributed by atoms with Crippen LogP contribution in [0.15, 0.2) is 36.4 Å². The van der Waals surface area contributed by atoms with Crippen molar-refractivity contribution in [1.29, 1.82) is 0 Å². The Bertz CT molecular complexity index is 1690. The number of rotatable bonds is 72. The minimum atomic E-state index is -0.246.